The zero-order valence-corrected chi connectivity index (χ0v) is 11.5. The van der Waals surface area contributed by atoms with Crippen LogP contribution in [0.25, 0.3) is 0 Å². The predicted molar refractivity (Wildman–Crippen MR) is 70.8 cm³/mol. The molecule has 0 N–H and O–H groups in total. The van der Waals surface area contributed by atoms with Gasteiger partial charge in [0.2, 0.25) is 0 Å². The Bertz CT molecular complexity index is 598. The Kier molecular flexibility index (Phi) is 3.78. The smallest absolute Gasteiger partial charge is 0.152 e. The lowest BCUT2D eigenvalue weighted by Gasteiger charge is -2.01. The standard InChI is InChI=1S/C11H13N3O2S2/c1-8-6-17-11(14-8)9(4-12)5-13-10-2-3-18(15,16)7-10/h5-6,9-10H,2-3,7H2,1H3/t9-,10+/m0/s1. The Morgan fingerprint density at radius 1 is 1.72 bits per heavy atom. The van der Waals surface area contributed by atoms with Crippen LogP contribution in [0.5, 0.6) is 0 Å². The van der Waals surface area contributed by atoms with Crippen molar-refractivity contribution < 1.29 is 8.42 Å². The molecule has 0 aliphatic carbocycles. The molecule has 0 unspecified atom stereocenters. The third-order valence-corrected chi connectivity index (χ3v) is 5.49. The fourth-order valence-electron chi connectivity index (χ4n) is 1.77. The van der Waals surface area contributed by atoms with E-state index in [0.717, 1.165) is 5.69 Å². The van der Waals surface area contributed by atoms with E-state index >= 15 is 0 Å². The van der Waals surface area contributed by atoms with Crippen LogP contribution in [0.15, 0.2) is 10.4 Å². The van der Waals surface area contributed by atoms with Gasteiger partial charge in [-0.1, -0.05) is 0 Å². The van der Waals surface area contributed by atoms with Crippen LogP contribution in [-0.4, -0.2) is 37.2 Å². The maximum absolute atomic E-state index is 11.3. The van der Waals surface area contributed by atoms with Crippen molar-refractivity contribution in [2.45, 2.75) is 25.3 Å². The molecule has 1 aliphatic heterocycles. The zero-order valence-electron chi connectivity index (χ0n) is 9.91. The fraction of sp³-hybridized carbons (Fsp3) is 0.545. The quantitative estimate of drug-likeness (QED) is 0.783. The molecule has 0 bridgehead atoms. The summed E-state index contributed by atoms with van der Waals surface area (Å²) in [6.07, 6.45) is 2.08. The SMILES string of the molecule is Cc1csc([C@@H](C#N)C=N[C@@H]2CCS(=O)(=O)C2)n1. The number of aryl methyl sites for hydroxylation is 1. The summed E-state index contributed by atoms with van der Waals surface area (Å²) in [7, 11) is -2.92. The van der Waals surface area contributed by atoms with E-state index in [1.165, 1.54) is 17.6 Å². The van der Waals surface area contributed by atoms with E-state index in [2.05, 4.69) is 16.0 Å². The van der Waals surface area contributed by atoms with Crippen molar-refractivity contribution in [1.29, 1.82) is 5.26 Å². The van der Waals surface area contributed by atoms with E-state index in [9.17, 15) is 8.42 Å². The van der Waals surface area contributed by atoms with Crippen molar-refractivity contribution in [3.8, 4) is 6.07 Å². The molecule has 2 heterocycles. The first-order valence-electron chi connectivity index (χ1n) is 5.55. The lowest BCUT2D eigenvalue weighted by molar-refractivity contribution is 0.601. The van der Waals surface area contributed by atoms with E-state index < -0.39 is 15.8 Å². The molecule has 1 aromatic heterocycles. The first-order chi connectivity index (χ1) is 8.50. The number of thiazole rings is 1. The average molecular weight is 283 g/mol. The van der Waals surface area contributed by atoms with Gasteiger partial charge in [0.1, 0.15) is 10.9 Å². The Morgan fingerprint density at radius 2 is 2.50 bits per heavy atom. The van der Waals surface area contributed by atoms with Crippen LogP contribution in [0.3, 0.4) is 0 Å². The van der Waals surface area contributed by atoms with Crippen LogP contribution in [0.2, 0.25) is 0 Å². The molecule has 96 valence electrons. The van der Waals surface area contributed by atoms with Crippen LogP contribution in [0, 0.1) is 18.3 Å². The van der Waals surface area contributed by atoms with Gasteiger partial charge >= 0.3 is 0 Å². The molecule has 1 aromatic rings. The second-order valence-corrected chi connectivity index (χ2v) is 7.41. The summed E-state index contributed by atoms with van der Waals surface area (Å²) in [4.78, 5) is 8.46. The van der Waals surface area contributed by atoms with E-state index in [1.54, 1.807) is 0 Å². The Morgan fingerprint density at radius 3 is 3.00 bits per heavy atom. The largest absolute Gasteiger partial charge is 0.291 e. The number of sulfone groups is 1. The molecular formula is C11H13N3O2S2. The summed E-state index contributed by atoms with van der Waals surface area (Å²) < 4.78 is 22.6. The minimum atomic E-state index is -2.92. The number of nitrogens with zero attached hydrogens (tertiary/aromatic N) is 3. The number of aliphatic imine (C=N–C) groups is 1. The molecule has 0 spiro atoms. The minimum absolute atomic E-state index is 0.0958. The normalized spacial score (nSPS) is 24.1. The first-order valence-corrected chi connectivity index (χ1v) is 8.25. The second kappa shape index (κ2) is 5.16. The maximum Gasteiger partial charge on any atom is 0.152 e. The van der Waals surface area contributed by atoms with Gasteiger partial charge in [0.25, 0.3) is 0 Å². The predicted octanol–water partition coefficient (Wildman–Crippen LogP) is 1.32. The van der Waals surface area contributed by atoms with E-state index in [-0.39, 0.29) is 17.5 Å². The van der Waals surface area contributed by atoms with E-state index in [4.69, 9.17) is 5.26 Å². The number of nitriles is 1. The van der Waals surface area contributed by atoms with Gasteiger partial charge in [-0.05, 0) is 13.3 Å². The topological polar surface area (TPSA) is 83.2 Å². The maximum atomic E-state index is 11.3. The summed E-state index contributed by atoms with van der Waals surface area (Å²) in [5.41, 5.74) is 0.882. The Labute approximate surface area is 110 Å². The molecule has 1 aliphatic rings. The van der Waals surface area contributed by atoms with Crippen molar-refractivity contribution in [3.05, 3.63) is 16.1 Å². The van der Waals surface area contributed by atoms with Crippen LogP contribution in [-0.2, 0) is 9.84 Å². The van der Waals surface area contributed by atoms with Crippen molar-refractivity contribution in [2.24, 2.45) is 4.99 Å². The molecule has 1 saturated heterocycles. The zero-order chi connectivity index (χ0) is 13.2. The Hall–Kier alpha value is -1.26. The van der Waals surface area contributed by atoms with Crippen LogP contribution < -0.4 is 0 Å². The highest BCUT2D eigenvalue weighted by atomic mass is 32.2. The van der Waals surface area contributed by atoms with E-state index in [0.29, 0.717) is 11.4 Å². The minimum Gasteiger partial charge on any atom is -0.291 e. The van der Waals surface area contributed by atoms with Gasteiger partial charge in [0.05, 0.1) is 23.6 Å². The number of hydrogen-bond donors (Lipinski definition) is 0. The van der Waals surface area contributed by atoms with Gasteiger partial charge in [-0.3, -0.25) is 4.99 Å². The monoisotopic (exact) mass is 283 g/mol. The highest BCUT2D eigenvalue weighted by Gasteiger charge is 2.27. The molecule has 2 rings (SSSR count). The summed E-state index contributed by atoms with van der Waals surface area (Å²) in [6, 6.07) is 1.92. The molecule has 5 nitrogen and oxygen atoms in total. The molecule has 2 atom stereocenters. The van der Waals surface area contributed by atoms with Gasteiger partial charge < -0.3 is 0 Å². The molecule has 0 aromatic carbocycles. The van der Waals surface area contributed by atoms with Crippen molar-refractivity contribution in [1.82, 2.24) is 4.98 Å². The lowest BCUT2D eigenvalue weighted by atomic mass is 10.2. The summed E-state index contributed by atoms with van der Waals surface area (Å²) >= 11 is 1.42. The number of hydrogen-bond acceptors (Lipinski definition) is 6. The van der Waals surface area contributed by atoms with Crippen LogP contribution in [0.1, 0.15) is 23.0 Å². The van der Waals surface area contributed by atoms with Gasteiger partial charge in [0.15, 0.2) is 9.84 Å². The number of aromatic nitrogens is 1. The second-order valence-electron chi connectivity index (χ2n) is 4.29. The first kappa shape index (κ1) is 13.2. The van der Waals surface area contributed by atoms with Crippen LogP contribution in [0.4, 0.5) is 0 Å². The molecular weight excluding hydrogens is 270 g/mol. The van der Waals surface area contributed by atoms with Crippen molar-refractivity contribution >= 4 is 27.4 Å². The highest BCUT2D eigenvalue weighted by Crippen LogP contribution is 2.20. The molecule has 0 saturated carbocycles. The fourth-order valence-corrected chi connectivity index (χ4v) is 4.21. The van der Waals surface area contributed by atoms with Gasteiger partial charge in [0, 0.05) is 17.3 Å². The molecule has 18 heavy (non-hydrogen) atoms. The number of rotatable bonds is 3. The average Bonchev–Trinajstić information content (AvgIpc) is 2.86. The van der Waals surface area contributed by atoms with Crippen LogP contribution >= 0.6 is 11.3 Å². The highest BCUT2D eigenvalue weighted by molar-refractivity contribution is 7.91. The molecule has 0 radical (unpaired) electrons. The Balaban J connectivity index is 2.06. The summed E-state index contributed by atoms with van der Waals surface area (Å²) in [5.74, 6) is -0.187. The van der Waals surface area contributed by atoms with Crippen molar-refractivity contribution in [2.75, 3.05) is 11.5 Å². The summed E-state index contributed by atoms with van der Waals surface area (Å²) in [5, 5.41) is 11.7. The van der Waals surface area contributed by atoms with E-state index in [1.807, 2.05) is 12.3 Å². The van der Waals surface area contributed by atoms with Gasteiger partial charge in [-0.25, -0.2) is 13.4 Å². The van der Waals surface area contributed by atoms with Gasteiger partial charge in [-0.2, -0.15) is 5.26 Å². The molecule has 0 amide bonds. The molecule has 7 heteroatoms. The third kappa shape index (κ3) is 3.15. The lowest BCUT2D eigenvalue weighted by Crippen LogP contribution is -2.09. The molecule has 1 fully saturated rings. The third-order valence-electron chi connectivity index (χ3n) is 2.70. The van der Waals surface area contributed by atoms with Gasteiger partial charge in [-0.15, -0.1) is 11.3 Å². The summed E-state index contributed by atoms with van der Waals surface area (Å²) in [6.45, 7) is 1.87. The van der Waals surface area contributed by atoms with Crippen molar-refractivity contribution in [3.63, 3.8) is 0 Å².